The van der Waals surface area contributed by atoms with Crippen LogP contribution in [0.4, 0.5) is 5.82 Å². The number of hydrogen-bond donors (Lipinski definition) is 1. The van der Waals surface area contributed by atoms with Crippen LogP contribution in [-0.4, -0.2) is 25.2 Å². The van der Waals surface area contributed by atoms with Crippen LogP contribution in [0.5, 0.6) is 11.5 Å². The number of rotatable bonds is 6. The molecule has 0 amide bonds. The summed E-state index contributed by atoms with van der Waals surface area (Å²) in [5.74, 6) is 2.36. The van der Waals surface area contributed by atoms with Gasteiger partial charge in [0.05, 0.1) is 0 Å². The average Bonchev–Trinajstić information content (AvgIpc) is 3.12. The van der Waals surface area contributed by atoms with E-state index < -0.39 is 0 Å². The Kier molecular flexibility index (Phi) is 4.70. The van der Waals surface area contributed by atoms with Crippen molar-refractivity contribution < 1.29 is 4.74 Å². The molecule has 0 atom stereocenters. The van der Waals surface area contributed by atoms with Crippen molar-refractivity contribution in [1.82, 2.24) is 18.9 Å². The molecule has 0 fully saturated rings. The SMILES string of the molecule is CSn1cnc2c(NCc3ccc(Oc4ccccc4)cc3)ncnc21. The number of anilines is 1. The van der Waals surface area contributed by atoms with E-state index in [0.717, 1.165) is 34.0 Å². The van der Waals surface area contributed by atoms with Crippen molar-refractivity contribution in [2.45, 2.75) is 6.54 Å². The first kappa shape index (κ1) is 16.4. The predicted octanol–water partition coefficient (Wildman–Crippen LogP) is 4.36. The van der Waals surface area contributed by atoms with E-state index >= 15 is 0 Å². The fourth-order valence-corrected chi connectivity index (χ4v) is 3.01. The summed E-state index contributed by atoms with van der Waals surface area (Å²) in [6, 6.07) is 17.7. The van der Waals surface area contributed by atoms with Crippen LogP contribution in [0.15, 0.2) is 67.3 Å². The van der Waals surface area contributed by atoms with Crippen LogP contribution >= 0.6 is 11.9 Å². The Hall–Kier alpha value is -3.06. The van der Waals surface area contributed by atoms with Crippen molar-refractivity contribution in [3.05, 3.63) is 72.8 Å². The molecule has 0 unspecified atom stereocenters. The van der Waals surface area contributed by atoms with Crippen molar-refractivity contribution in [3.8, 4) is 11.5 Å². The molecule has 2 aromatic heterocycles. The Balaban J connectivity index is 1.44. The van der Waals surface area contributed by atoms with E-state index in [1.54, 1.807) is 24.6 Å². The van der Waals surface area contributed by atoms with Gasteiger partial charge in [-0.25, -0.2) is 15.0 Å². The highest BCUT2D eigenvalue weighted by atomic mass is 32.2. The first-order valence-corrected chi connectivity index (χ1v) is 9.30. The number of imidazole rings is 1. The summed E-state index contributed by atoms with van der Waals surface area (Å²) in [6.45, 7) is 0.643. The Morgan fingerprint density at radius 1 is 0.962 bits per heavy atom. The van der Waals surface area contributed by atoms with Gasteiger partial charge in [0.25, 0.3) is 0 Å². The van der Waals surface area contributed by atoms with Gasteiger partial charge in [0.1, 0.15) is 24.2 Å². The first-order valence-electron chi connectivity index (χ1n) is 8.12. The summed E-state index contributed by atoms with van der Waals surface area (Å²) in [7, 11) is 0. The lowest BCUT2D eigenvalue weighted by atomic mass is 10.2. The molecule has 0 spiro atoms. The Morgan fingerprint density at radius 3 is 2.50 bits per heavy atom. The quantitative estimate of drug-likeness (QED) is 0.549. The number of para-hydroxylation sites is 1. The molecular formula is C19H17N5OS. The maximum Gasteiger partial charge on any atom is 0.175 e. The van der Waals surface area contributed by atoms with Crippen LogP contribution in [0.2, 0.25) is 0 Å². The standard InChI is InChI=1S/C19H17N5OS/c1-26-24-13-23-17-18(21-12-22-19(17)24)20-11-14-7-9-16(10-8-14)25-15-5-3-2-4-6-15/h2-10,12-13H,11H2,1H3,(H,20,21,22). The molecule has 130 valence electrons. The van der Waals surface area contributed by atoms with E-state index in [0.29, 0.717) is 6.54 Å². The van der Waals surface area contributed by atoms with Gasteiger partial charge in [0.2, 0.25) is 0 Å². The molecule has 2 aromatic carbocycles. The summed E-state index contributed by atoms with van der Waals surface area (Å²) in [5.41, 5.74) is 2.70. The molecule has 0 bridgehead atoms. The second-order valence-corrected chi connectivity index (χ2v) is 6.32. The van der Waals surface area contributed by atoms with Gasteiger partial charge in [-0.3, -0.25) is 3.97 Å². The summed E-state index contributed by atoms with van der Waals surface area (Å²) in [6.07, 6.45) is 5.29. The Labute approximate surface area is 155 Å². The zero-order valence-electron chi connectivity index (χ0n) is 14.2. The molecule has 0 radical (unpaired) electrons. The predicted molar refractivity (Wildman–Crippen MR) is 105 cm³/mol. The summed E-state index contributed by atoms with van der Waals surface area (Å²) in [4.78, 5) is 13.0. The minimum absolute atomic E-state index is 0.643. The smallest absolute Gasteiger partial charge is 0.175 e. The molecule has 26 heavy (non-hydrogen) atoms. The van der Waals surface area contributed by atoms with Crippen LogP contribution < -0.4 is 10.1 Å². The number of nitrogens with one attached hydrogen (secondary N) is 1. The highest BCUT2D eigenvalue weighted by Crippen LogP contribution is 2.23. The maximum atomic E-state index is 5.81. The van der Waals surface area contributed by atoms with Crippen molar-refractivity contribution >= 4 is 28.9 Å². The van der Waals surface area contributed by atoms with Crippen LogP contribution in [0.25, 0.3) is 11.2 Å². The first-order chi connectivity index (χ1) is 12.8. The lowest BCUT2D eigenvalue weighted by molar-refractivity contribution is 0.482. The molecule has 1 N–H and O–H groups in total. The van der Waals surface area contributed by atoms with Crippen LogP contribution in [0.3, 0.4) is 0 Å². The van der Waals surface area contributed by atoms with Gasteiger partial charge in [-0.05, 0) is 41.8 Å². The van der Waals surface area contributed by atoms with E-state index in [1.807, 2.05) is 64.8 Å². The number of nitrogens with zero attached hydrogens (tertiary/aromatic N) is 4. The van der Waals surface area contributed by atoms with Crippen LogP contribution in [0, 0.1) is 0 Å². The largest absolute Gasteiger partial charge is 0.457 e. The fourth-order valence-electron chi connectivity index (χ4n) is 2.56. The Morgan fingerprint density at radius 2 is 1.73 bits per heavy atom. The zero-order chi connectivity index (χ0) is 17.8. The van der Waals surface area contributed by atoms with Gasteiger partial charge >= 0.3 is 0 Å². The molecular weight excluding hydrogens is 346 g/mol. The molecule has 4 rings (SSSR count). The van der Waals surface area contributed by atoms with E-state index in [9.17, 15) is 0 Å². The summed E-state index contributed by atoms with van der Waals surface area (Å²) < 4.78 is 7.73. The highest BCUT2D eigenvalue weighted by molar-refractivity contribution is 7.97. The van der Waals surface area contributed by atoms with E-state index in [-0.39, 0.29) is 0 Å². The number of aromatic nitrogens is 4. The average molecular weight is 363 g/mol. The van der Waals surface area contributed by atoms with Crippen LogP contribution in [0.1, 0.15) is 5.56 Å². The molecule has 0 saturated carbocycles. The van der Waals surface area contributed by atoms with Gasteiger partial charge in [-0.1, -0.05) is 30.3 Å². The second kappa shape index (κ2) is 7.45. The summed E-state index contributed by atoms with van der Waals surface area (Å²) in [5, 5.41) is 3.33. The molecule has 4 aromatic rings. The minimum Gasteiger partial charge on any atom is -0.457 e. The van der Waals surface area contributed by atoms with Gasteiger partial charge in [-0.15, -0.1) is 0 Å². The van der Waals surface area contributed by atoms with Crippen molar-refractivity contribution in [2.75, 3.05) is 11.6 Å². The fraction of sp³-hybridized carbons (Fsp3) is 0.105. The molecule has 2 heterocycles. The molecule has 6 nitrogen and oxygen atoms in total. The maximum absolute atomic E-state index is 5.81. The third-order valence-corrected chi connectivity index (χ3v) is 4.52. The molecule has 0 aliphatic heterocycles. The van der Waals surface area contributed by atoms with Crippen molar-refractivity contribution in [2.24, 2.45) is 0 Å². The third kappa shape index (κ3) is 3.48. The van der Waals surface area contributed by atoms with Gasteiger partial charge in [0, 0.05) is 12.8 Å². The van der Waals surface area contributed by atoms with Crippen LogP contribution in [-0.2, 0) is 6.54 Å². The second-order valence-electron chi connectivity index (χ2n) is 5.56. The zero-order valence-corrected chi connectivity index (χ0v) is 15.0. The lowest BCUT2D eigenvalue weighted by Gasteiger charge is -2.08. The van der Waals surface area contributed by atoms with Gasteiger partial charge in [0.15, 0.2) is 17.0 Å². The molecule has 0 aliphatic rings. The normalized spacial score (nSPS) is 10.8. The summed E-state index contributed by atoms with van der Waals surface area (Å²) >= 11 is 1.55. The molecule has 0 aliphatic carbocycles. The van der Waals surface area contributed by atoms with E-state index in [4.69, 9.17) is 4.74 Å². The molecule has 0 saturated heterocycles. The van der Waals surface area contributed by atoms with Gasteiger partial charge in [-0.2, -0.15) is 0 Å². The highest BCUT2D eigenvalue weighted by Gasteiger charge is 2.09. The minimum atomic E-state index is 0.643. The topological polar surface area (TPSA) is 64.9 Å². The lowest BCUT2D eigenvalue weighted by Crippen LogP contribution is -2.02. The van der Waals surface area contributed by atoms with Crippen molar-refractivity contribution in [1.29, 1.82) is 0 Å². The van der Waals surface area contributed by atoms with Gasteiger partial charge < -0.3 is 10.1 Å². The number of hydrogen-bond acceptors (Lipinski definition) is 6. The van der Waals surface area contributed by atoms with E-state index in [1.165, 1.54) is 0 Å². The monoisotopic (exact) mass is 363 g/mol. The molecule has 7 heteroatoms. The third-order valence-electron chi connectivity index (χ3n) is 3.86. The number of ether oxygens (including phenoxy) is 1. The van der Waals surface area contributed by atoms with Crippen molar-refractivity contribution in [3.63, 3.8) is 0 Å². The Bertz CT molecular complexity index is 1000. The van der Waals surface area contributed by atoms with E-state index in [2.05, 4.69) is 20.3 Å². The number of benzene rings is 2. The number of fused-ring (bicyclic) bond motifs is 1.